The minimum atomic E-state index is 0.115. The average Bonchev–Trinajstić information content (AvgIpc) is 2.47. The van der Waals surface area contributed by atoms with E-state index in [4.69, 9.17) is 12.2 Å². The van der Waals surface area contributed by atoms with Gasteiger partial charge in [0, 0.05) is 24.0 Å². The van der Waals surface area contributed by atoms with Crippen LogP contribution in [0.15, 0.2) is 6.20 Å². The molecule has 0 atom stereocenters. The van der Waals surface area contributed by atoms with Crippen LogP contribution in [0.5, 0.6) is 0 Å². The first kappa shape index (κ1) is 12.5. The van der Waals surface area contributed by atoms with Crippen LogP contribution in [0.3, 0.4) is 0 Å². The van der Waals surface area contributed by atoms with Gasteiger partial charge in [-0.2, -0.15) is 0 Å². The van der Waals surface area contributed by atoms with Gasteiger partial charge >= 0.3 is 0 Å². The summed E-state index contributed by atoms with van der Waals surface area (Å²) < 4.78 is 3.01. The number of hydrogen-bond acceptors (Lipinski definition) is 2. The second kappa shape index (κ2) is 4.49. The quantitative estimate of drug-likeness (QED) is 0.799. The smallest absolute Gasteiger partial charge is 0.177 e. The van der Waals surface area contributed by atoms with Crippen molar-refractivity contribution in [2.45, 2.75) is 39.3 Å². The highest BCUT2D eigenvalue weighted by Crippen LogP contribution is 2.15. The Morgan fingerprint density at radius 1 is 1.47 bits per heavy atom. The van der Waals surface area contributed by atoms with Gasteiger partial charge in [0.25, 0.3) is 0 Å². The first-order chi connectivity index (χ1) is 6.88. The maximum Gasteiger partial charge on any atom is 0.177 e. The molecule has 3 nitrogen and oxygen atoms in total. The molecule has 1 aromatic rings. The zero-order valence-corrected chi connectivity index (χ0v) is 11.1. The zero-order chi connectivity index (χ0) is 11.6. The van der Waals surface area contributed by atoms with E-state index in [9.17, 15) is 0 Å². The fourth-order valence-corrected chi connectivity index (χ4v) is 1.67. The molecule has 0 aliphatic rings. The molecule has 0 unspecified atom stereocenters. The third kappa shape index (κ3) is 2.69. The summed E-state index contributed by atoms with van der Waals surface area (Å²) in [5, 5.41) is 0. The van der Waals surface area contributed by atoms with Crippen LogP contribution >= 0.6 is 12.2 Å². The van der Waals surface area contributed by atoms with Gasteiger partial charge in [-0.1, -0.05) is 6.92 Å². The Hall–Kier alpha value is -0.610. The van der Waals surface area contributed by atoms with Crippen molar-refractivity contribution in [1.29, 1.82) is 0 Å². The van der Waals surface area contributed by atoms with Crippen molar-refractivity contribution in [2.75, 3.05) is 14.1 Å². The number of hydrogen-bond donors (Lipinski definition) is 1. The Morgan fingerprint density at radius 2 is 2.07 bits per heavy atom. The number of rotatable bonds is 4. The lowest BCUT2D eigenvalue weighted by molar-refractivity contribution is 0.167. The summed E-state index contributed by atoms with van der Waals surface area (Å²) in [6, 6.07) is 0. The summed E-state index contributed by atoms with van der Waals surface area (Å²) >= 11 is 5.28. The largest absolute Gasteiger partial charge is 0.337 e. The summed E-state index contributed by atoms with van der Waals surface area (Å²) in [6.45, 7) is 7.52. The highest BCUT2D eigenvalue weighted by molar-refractivity contribution is 7.71. The molecule has 0 aromatic carbocycles. The molecule has 1 heterocycles. The van der Waals surface area contributed by atoms with Gasteiger partial charge in [-0.05, 0) is 46.6 Å². The number of nitrogens with zero attached hydrogens (tertiary/aromatic N) is 2. The van der Waals surface area contributed by atoms with E-state index < -0.39 is 0 Å². The number of aryl methyl sites for hydroxylation is 1. The summed E-state index contributed by atoms with van der Waals surface area (Å²) in [7, 11) is 4.20. The molecule has 0 spiro atoms. The van der Waals surface area contributed by atoms with Gasteiger partial charge in [-0.3, -0.25) is 0 Å². The lowest BCUT2D eigenvalue weighted by Crippen LogP contribution is -2.42. The average molecular weight is 227 g/mol. The molecule has 4 heteroatoms. The molecule has 0 saturated heterocycles. The second-order valence-electron chi connectivity index (χ2n) is 4.73. The van der Waals surface area contributed by atoms with E-state index >= 15 is 0 Å². The molecule has 1 aromatic heterocycles. The molecular weight excluding hydrogens is 206 g/mol. The van der Waals surface area contributed by atoms with Crippen molar-refractivity contribution in [1.82, 2.24) is 14.5 Å². The standard InChI is InChI=1S/C11H21N3S/c1-6-9-7-12-10(15)14(9)8-11(2,3)13(4)5/h7H,6,8H2,1-5H3,(H,12,15). The number of aromatic nitrogens is 2. The van der Waals surface area contributed by atoms with Crippen LogP contribution in [0.2, 0.25) is 0 Å². The molecule has 0 bridgehead atoms. The molecule has 0 fully saturated rings. The van der Waals surface area contributed by atoms with E-state index in [1.807, 2.05) is 6.20 Å². The van der Waals surface area contributed by atoms with E-state index in [0.717, 1.165) is 17.7 Å². The van der Waals surface area contributed by atoms with Crippen LogP contribution in [-0.4, -0.2) is 34.1 Å². The molecule has 1 N–H and O–H groups in total. The van der Waals surface area contributed by atoms with Crippen LogP contribution in [0, 0.1) is 4.77 Å². The SMILES string of the molecule is CCc1c[nH]c(=S)n1CC(C)(C)N(C)C. The first-order valence-electron chi connectivity index (χ1n) is 5.33. The van der Waals surface area contributed by atoms with Crippen molar-refractivity contribution in [3.63, 3.8) is 0 Å². The molecule has 0 radical (unpaired) electrons. The minimum Gasteiger partial charge on any atom is -0.337 e. The molecule has 1 rings (SSSR count). The van der Waals surface area contributed by atoms with Crippen molar-refractivity contribution < 1.29 is 0 Å². The number of imidazole rings is 1. The lowest BCUT2D eigenvalue weighted by Gasteiger charge is -2.33. The molecule has 0 aliphatic heterocycles. The van der Waals surface area contributed by atoms with Gasteiger partial charge in [0.2, 0.25) is 0 Å². The Kier molecular flexibility index (Phi) is 3.73. The van der Waals surface area contributed by atoms with Gasteiger partial charge in [-0.15, -0.1) is 0 Å². The van der Waals surface area contributed by atoms with E-state index in [2.05, 4.69) is 49.3 Å². The van der Waals surface area contributed by atoms with Crippen LogP contribution in [0.4, 0.5) is 0 Å². The number of H-pyrrole nitrogens is 1. The molecule has 0 amide bonds. The molecule has 86 valence electrons. The third-order valence-electron chi connectivity index (χ3n) is 3.07. The van der Waals surface area contributed by atoms with Crippen LogP contribution < -0.4 is 0 Å². The Balaban J connectivity index is 2.98. The normalized spacial score (nSPS) is 12.4. The third-order valence-corrected chi connectivity index (χ3v) is 3.41. The summed E-state index contributed by atoms with van der Waals surface area (Å²) in [5.41, 5.74) is 1.39. The Morgan fingerprint density at radius 3 is 2.53 bits per heavy atom. The maximum absolute atomic E-state index is 5.28. The lowest BCUT2D eigenvalue weighted by atomic mass is 10.0. The van der Waals surface area contributed by atoms with Crippen molar-refractivity contribution in [3.8, 4) is 0 Å². The van der Waals surface area contributed by atoms with Crippen LogP contribution in [0.25, 0.3) is 0 Å². The fourth-order valence-electron chi connectivity index (χ4n) is 1.43. The van der Waals surface area contributed by atoms with Crippen molar-refractivity contribution in [2.24, 2.45) is 0 Å². The first-order valence-corrected chi connectivity index (χ1v) is 5.74. The van der Waals surface area contributed by atoms with E-state index in [-0.39, 0.29) is 5.54 Å². The van der Waals surface area contributed by atoms with E-state index in [1.165, 1.54) is 5.69 Å². The second-order valence-corrected chi connectivity index (χ2v) is 5.12. The number of likely N-dealkylation sites (N-methyl/N-ethyl adjacent to an activating group) is 1. The summed E-state index contributed by atoms with van der Waals surface area (Å²) in [4.78, 5) is 5.33. The van der Waals surface area contributed by atoms with Gasteiger partial charge < -0.3 is 14.5 Å². The van der Waals surface area contributed by atoms with E-state index in [1.54, 1.807) is 0 Å². The topological polar surface area (TPSA) is 24.0 Å². The minimum absolute atomic E-state index is 0.115. The Bertz CT molecular complexity index is 373. The summed E-state index contributed by atoms with van der Waals surface area (Å²) in [5.74, 6) is 0. The molecule has 0 saturated carbocycles. The highest BCUT2D eigenvalue weighted by Gasteiger charge is 2.22. The maximum atomic E-state index is 5.28. The van der Waals surface area contributed by atoms with Crippen LogP contribution in [-0.2, 0) is 13.0 Å². The molecular formula is C11H21N3S. The zero-order valence-electron chi connectivity index (χ0n) is 10.3. The van der Waals surface area contributed by atoms with Crippen molar-refractivity contribution >= 4 is 12.2 Å². The predicted octanol–water partition coefficient (Wildman–Crippen LogP) is 2.45. The number of nitrogens with one attached hydrogen (secondary N) is 1. The number of aromatic amines is 1. The van der Waals surface area contributed by atoms with Gasteiger partial charge in [0.05, 0.1) is 0 Å². The monoisotopic (exact) mass is 227 g/mol. The molecule has 0 aliphatic carbocycles. The van der Waals surface area contributed by atoms with Gasteiger partial charge in [0.1, 0.15) is 0 Å². The highest BCUT2D eigenvalue weighted by atomic mass is 32.1. The van der Waals surface area contributed by atoms with Crippen LogP contribution in [0.1, 0.15) is 26.5 Å². The van der Waals surface area contributed by atoms with Gasteiger partial charge in [0.15, 0.2) is 4.77 Å². The van der Waals surface area contributed by atoms with Gasteiger partial charge in [-0.25, -0.2) is 0 Å². The Labute approximate surface area is 97.1 Å². The molecule has 15 heavy (non-hydrogen) atoms. The van der Waals surface area contributed by atoms with E-state index in [0.29, 0.717) is 0 Å². The summed E-state index contributed by atoms with van der Waals surface area (Å²) in [6.07, 6.45) is 3.02. The fraction of sp³-hybridized carbons (Fsp3) is 0.727. The van der Waals surface area contributed by atoms with Crippen molar-refractivity contribution in [3.05, 3.63) is 16.7 Å². The predicted molar refractivity (Wildman–Crippen MR) is 66.8 cm³/mol.